The van der Waals surface area contributed by atoms with Gasteiger partial charge in [-0.05, 0) is 23.6 Å². The molecule has 0 unspecified atom stereocenters. The molecule has 0 atom stereocenters. The maximum Gasteiger partial charge on any atom is 0.276 e. The summed E-state index contributed by atoms with van der Waals surface area (Å²) in [6.45, 7) is 0. The molecule has 17 heavy (non-hydrogen) atoms. The van der Waals surface area contributed by atoms with Crippen molar-refractivity contribution in [3.63, 3.8) is 0 Å². The number of hydrogen-bond donors (Lipinski definition) is 1. The number of nitriles is 1. The zero-order valence-electron chi connectivity index (χ0n) is 8.91. The summed E-state index contributed by atoms with van der Waals surface area (Å²) in [6.07, 6.45) is 1.64. The molecule has 0 aromatic carbocycles. The molecule has 7 heteroatoms. The predicted molar refractivity (Wildman–Crippen MR) is 65.4 cm³/mol. The second kappa shape index (κ2) is 4.24. The topological polar surface area (TPSA) is 77.0 Å². The van der Waals surface area contributed by atoms with Crippen LogP contribution in [0.25, 0.3) is 0 Å². The lowest BCUT2D eigenvalue weighted by atomic mass is 10.4. The van der Waals surface area contributed by atoms with Gasteiger partial charge in [-0.25, -0.2) is 8.42 Å². The normalized spacial score (nSPS) is 11.1. The fourth-order valence-electron chi connectivity index (χ4n) is 1.35. The van der Waals surface area contributed by atoms with Crippen molar-refractivity contribution in [2.75, 3.05) is 11.4 Å². The van der Waals surface area contributed by atoms with Gasteiger partial charge in [-0.3, -0.25) is 4.31 Å². The molecular weight excluding hydrogens is 258 g/mol. The Kier molecular flexibility index (Phi) is 2.92. The molecule has 0 aliphatic heterocycles. The van der Waals surface area contributed by atoms with Gasteiger partial charge < -0.3 is 4.98 Å². The van der Waals surface area contributed by atoms with Crippen molar-refractivity contribution in [2.24, 2.45) is 0 Å². The average molecular weight is 267 g/mol. The molecule has 2 rings (SSSR count). The molecule has 1 N–H and O–H groups in total. The smallest absolute Gasteiger partial charge is 0.276 e. The van der Waals surface area contributed by atoms with Gasteiger partial charge in [-0.15, -0.1) is 11.3 Å². The number of hydrogen-bond acceptors (Lipinski definition) is 4. The first-order valence-electron chi connectivity index (χ1n) is 4.67. The number of aromatic amines is 1. The summed E-state index contributed by atoms with van der Waals surface area (Å²) < 4.78 is 25.7. The first-order valence-corrected chi connectivity index (χ1v) is 6.99. The van der Waals surface area contributed by atoms with Crippen LogP contribution in [-0.4, -0.2) is 20.4 Å². The first kappa shape index (κ1) is 11.7. The SMILES string of the molecule is CN(c1ccc[nH]1)S(=O)(=O)c1sccc1C#N. The maximum atomic E-state index is 12.2. The van der Waals surface area contributed by atoms with Crippen LogP contribution in [0.5, 0.6) is 0 Å². The zero-order chi connectivity index (χ0) is 12.5. The van der Waals surface area contributed by atoms with Gasteiger partial charge in [0.2, 0.25) is 0 Å². The summed E-state index contributed by atoms with van der Waals surface area (Å²) in [4.78, 5) is 2.81. The standard InChI is InChI=1S/C10H9N3O2S2/c1-13(9-3-2-5-12-9)17(14,15)10-8(7-11)4-6-16-10/h2-6,12H,1H3. The maximum absolute atomic E-state index is 12.2. The second-order valence-electron chi connectivity index (χ2n) is 3.26. The number of sulfonamides is 1. The molecule has 0 spiro atoms. The molecule has 0 aliphatic carbocycles. The van der Waals surface area contributed by atoms with E-state index in [0.717, 1.165) is 15.6 Å². The van der Waals surface area contributed by atoms with Crippen molar-refractivity contribution in [3.8, 4) is 6.07 Å². The predicted octanol–water partition coefficient (Wildman–Crippen LogP) is 1.77. The van der Waals surface area contributed by atoms with Gasteiger partial charge in [-0.1, -0.05) is 0 Å². The molecule has 88 valence electrons. The highest BCUT2D eigenvalue weighted by atomic mass is 32.2. The van der Waals surface area contributed by atoms with Crippen LogP contribution >= 0.6 is 11.3 Å². The Labute approximate surface area is 103 Å². The summed E-state index contributed by atoms with van der Waals surface area (Å²) in [5.41, 5.74) is 0.174. The molecule has 0 aliphatic rings. The minimum absolute atomic E-state index is 0.0668. The van der Waals surface area contributed by atoms with E-state index in [2.05, 4.69) is 4.98 Å². The Morgan fingerprint density at radius 1 is 1.47 bits per heavy atom. The van der Waals surface area contributed by atoms with Gasteiger partial charge in [0.05, 0.1) is 5.56 Å². The van der Waals surface area contributed by atoms with Crippen LogP contribution in [0.3, 0.4) is 0 Å². The van der Waals surface area contributed by atoms with Crippen molar-refractivity contribution in [3.05, 3.63) is 35.3 Å². The van der Waals surface area contributed by atoms with E-state index in [-0.39, 0.29) is 9.77 Å². The summed E-state index contributed by atoms with van der Waals surface area (Å²) >= 11 is 1.04. The van der Waals surface area contributed by atoms with Gasteiger partial charge >= 0.3 is 0 Å². The quantitative estimate of drug-likeness (QED) is 0.920. The number of thiophene rings is 1. The average Bonchev–Trinajstić information content (AvgIpc) is 2.98. The summed E-state index contributed by atoms with van der Waals surface area (Å²) in [5.74, 6) is 0.460. The van der Waals surface area contributed by atoms with E-state index in [1.165, 1.54) is 13.1 Å². The Balaban J connectivity index is 2.48. The Bertz CT molecular complexity index is 650. The van der Waals surface area contributed by atoms with Crippen molar-refractivity contribution >= 4 is 27.2 Å². The lowest BCUT2D eigenvalue weighted by Gasteiger charge is -2.16. The van der Waals surface area contributed by atoms with E-state index >= 15 is 0 Å². The molecule has 2 heterocycles. The molecular formula is C10H9N3O2S2. The van der Waals surface area contributed by atoms with Crippen LogP contribution in [-0.2, 0) is 10.0 Å². The number of nitrogens with one attached hydrogen (secondary N) is 1. The molecule has 2 aromatic heterocycles. The van der Waals surface area contributed by atoms with Crippen LogP contribution in [0.1, 0.15) is 5.56 Å². The molecule has 5 nitrogen and oxygen atoms in total. The summed E-state index contributed by atoms with van der Waals surface area (Å²) in [6, 6.07) is 6.74. The number of anilines is 1. The Hall–Kier alpha value is -1.78. The highest BCUT2D eigenvalue weighted by Crippen LogP contribution is 2.27. The monoisotopic (exact) mass is 267 g/mol. The highest BCUT2D eigenvalue weighted by molar-refractivity contribution is 7.94. The molecule has 2 aromatic rings. The van der Waals surface area contributed by atoms with E-state index in [1.807, 2.05) is 6.07 Å². The summed E-state index contributed by atoms with van der Waals surface area (Å²) in [7, 11) is -2.22. The number of H-pyrrole nitrogens is 1. The first-order chi connectivity index (χ1) is 8.07. The lowest BCUT2D eigenvalue weighted by Crippen LogP contribution is -2.26. The van der Waals surface area contributed by atoms with Crippen molar-refractivity contribution in [1.82, 2.24) is 4.98 Å². The van der Waals surface area contributed by atoms with Crippen LogP contribution in [0.2, 0.25) is 0 Å². The molecule has 0 fully saturated rings. The second-order valence-corrected chi connectivity index (χ2v) is 6.34. The molecule has 0 bridgehead atoms. The minimum Gasteiger partial charge on any atom is -0.348 e. The van der Waals surface area contributed by atoms with E-state index in [1.54, 1.807) is 23.7 Å². The molecule has 0 saturated carbocycles. The fourth-order valence-corrected chi connectivity index (χ4v) is 3.92. The van der Waals surface area contributed by atoms with E-state index < -0.39 is 10.0 Å². The summed E-state index contributed by atoms with van der Waals surface area (Å²) in [5, 5.41) is 10.4. The van der Waals surface area contributed by atoms with E-state index in [9.17, 15) is 8.42 Å². The van der Waals surface area contributed by atoms with Gasteiger partial charge in [0.1, 0.15) is 11.9 Å². The van der Waals surface area contributed by atoms with E-state index in [0.29, 0.717) is 5.82 Å². The van der Waals surface area contributed by atoms with Gasteiger partial charge in [0, 0.05) is 13.2 Å². The van der Waals surface area contributed by atoms with Crippen molar-refractivity contribution < 1.29 is 8.42 Å². The lowest BCUT2D eigenvalue weighted by molar-refractivity contribution is 0.596. The Morgan fingerprint density at radius 2 is 2.24 bits per heavy atom. The van der Waals surface area contributed by atoms with E-state index in [4.69, 9.17) is 5.26 Å². The Morgan fingerprint density at radius 3 is 2.82 bits per heavy atom. The third-order valence-electron chi connectivity index (χ3n) is 2.27. The fraction of sp³-hybridized carbons (Fsp3) is 0.100. The van der Waals surface area contributed by atoms with Gasteiger partial charge in [-0.2, -0.15) is 5.26 Å². The number of rotatable bonds is 3. The van der Waals surface area contributed by atoms with Crippen LogP contribution in [0.4, 0.5) is 5.82 Å². The number of aromatic nitrogens is 1. The third kappa shape index (κ3) is 1.92. The molecule has 0 amide bonds. The molecule has 0 radical (unpaired) electrons. The van der Waals surface area contributed by atoms with Crippen molar-refractivity contribution in [1.29, 1.82) is 5.26 Å². The largest absolute Gasteiger partial charge is 0.348 e. The zero-order valence-corrected chi connectivity index (χ0v) is 10.5. The van der Waals surface area contributed by atoms with Crippen LogP contribution < -0.4 is 4.31 Å². The molecule has 0 saturated heterocycles. The minimum atomic E-state index is -3.66. The van der Waals surface area contributed by atoms with Crippen LogP contribution in [0, 0.1) is 11.3 Å². The van der Waals surface area contributed by atoms with Crippen molar-refractivity contribution in [2.45, 2.75) is 4.21 Å². The van der Waals surface area contributed by atoms with Gasteiger partial charge in [0.25, 0.3) is 10.0 Å². The van der Waals surface area contributed by atoms with Gasteiger partial charge in [0.15, 0.2) is 4.21 Å². The highest BCUT2D eigenvalue weighted by Gasteiger charge is 2.26. The third-order valence-corrected chi connectivity index (χ3v) is 5.50. The number of nitrogens with zero attached hydrogens (tertiary/aromatic N) is 2. The van der Waals surface area contributed by atoms with Crippen LogP contribution in [0.15, 0.2) is 34.0 Å².